The minimum Gasteiger partial charge on any atom is -0.454 e. The lowest BCUT2D eigenvalue weighted by atomic mass is 9.91. The Morgan fingerprint density at radius 2 is 1.26 bits per heavy atom. The highest BCUT2D eigenvalue weighted by Gasteiger charge is 2.53. The Hall–Kier alpha value is -5.76. The number of alkyl halides is 3. The third-order valence-corrected chi connectivity index (χ3v) is 10.5. The Bertz CT molecular complexity index is 2280. The number of nitrogens with one attached hydrogen (secondary N) is 1. The molecule has 10 nitrogen and oxygen atoms in total. The molecule has 2 heterocycles. The highest BCUT2D eigenvalue weighted by molar-refractivity contribution is 5.85. The number of allylic oxidation sites excluding steroid dienone is 2. The summed E-state index contributed by atoms with van der Waals surface area (Å²) in [6.07, 6.45) is -8.23. The Balaban J connectivity index is 1.21. The van der Waals surface area contributed by atoms with E-state index in [9.17, 15) is 32.7 Å². The molecule has 0 radical (unpaired) electrons. The van der Waals surface area contributed by atoms with Crippen LogP contribution in [-0.4, -0.2) is 67.6 Å². The third-order valence-electron chi connectivity index (χ3n) is 10.5. The lowest BCUT2D eigenvalue weighted by Crippen LogP contribution is -2.63. The average Bonchev–Trinajstić information content (AvgIpc) is 3.21. The first-order valence-corrected chi connectivity index (χ1v) is 18.9. The molecule has 1 amide bonds. The van der Waals surface area contributed by atoms with E-state index in [0.29, 0.717) is 6.42 Å². The van der Waals surface area contributed by atoms with Crippen LogP contribution in [0.15, 0.2) is 121 Å². The zero-order chi connectivity index (χ0) is 40.8. The Morgan fingerprint density at radius 3 is 1.76 bits per heavy atom. The summed E-state index contributed by atoms with van der Waals surface area (Å²) in [5, 5.41) is 16.9. The van der Waals surface area contributed by atoms with Gasteiger partial charge in [0.25, 0.3) is 0 Å². The van der Waals surface area contributed by atoms with Gasteiger partial charge in [-0.25, -0.2) is 4.79 Å². The topological polar surface area (TPSA) is 130 Å². The molecule has 0 bridgehead atoms. The summed E-state index contributed by atoms with van der Waals surface area (Å²) >= 11 is 0. The fraction of sp³-hybridized carbons (Fsp3) is 0.311. The number of carbonyl (C=O) groups is 3. The van der Waals surface area contributed by atoms with Crippen molar-refractivity contribution < 1.29 is 56.3 Å². The zero-order valence-electron chi connectivity index (χ0n) is 31.5. The summed E-state index contributed by atoms with van der Waals surface area (Å²) in [5.41, 5.74) is 0.817. The van der Waals surface area contributed by atoms with Crippen LogP contribution in [0.2, 0.25) is 0 Å². The molecule has 7 rings (SSSR count). The molecule has 1 fully saturated rings. The second-order valence-electron chi connectivity index (χ2n) is 14.4. The van der Waals surface area contributed by atoms with Crippen LogP contribution >= 0.6 is 0 Å². The first kappa shape index (κ1) is 40.4. The maximum absolute atomic E-state index is 14.3. The van der Waals surface area contributed by atoms with Crippen molar-refractivity contribution in [3.8, 4) is 0 Å². The van der Waals surface area contributed by atoms with Crippen molar-refractivity contribution in [2.24, 2.45) is 11.8 Å². The van der Waals surface area contributed by atoms with Gasteiger partial charge in [0.1, 0.15) is 6.10 Å². The lowest BCUT2D eigenvalue weighted by Gasteiger charge is -2.44. The number of carbonyl (C=O) groups excluding carboxylic acids is 3. The standard InChI is InChI=1S/C45H42F3NO9/c1-54-43-40-39(38(37(26-50)55-43)58-44(53)49-36-20-18-35(19-21-36)45(46,47)48)56-41(51)33(24-27-14-16-29-8-2-4-10-31(29)22-27)12-6-7-13-34(42(52)57-40)25-28-15-17-30-9-3-5-11-32(30)23-28/h2-11,14-23,33-34,37-40,43,50H,12-13,24-26H2,1H3,(H,49,53)/b7-6+/t33-,34-,37-,38-,39+,40-,43+/m1/s1. The van der Waals surface area contributed by atoms with Crippen molar-refractivity contribution >= 4 is 45.3 Å². The van der Waals surface area contributed by atoms with Crippen LogP contribution in [0.1, 0.15) is 29.5 Å². The summed E-state index contributed by atoms with van der Waals surface area (Å²) in [5.74, 6) is -2.80. The van der Waals surface area contributed by atoms with E-state index in [-0.39, 0.29) is 24.9 Å². The molecular weight excluding hydrogens is 755 g/mol. The molecule has 0 spiro atoms. The van der Waals surface area contributed by atoms with E-state index in [4.69, 9.17) is 23.7 Å². The monoisotopic (exact) mass is 797 g/mol. The number of methoxy groups -OCH3 is 1. The van der Waals surface area contributed by atoms with Crippen molar-refractivity contribution in [3.05, 3.63) is 138 Å². The summed E-state index contributed by atoms with van der Waals surface area (Å²) < 4.78 is 69.1. The number of benzene rings is 5. The minimum atomic E-state index is -4.59. The number of esters is 2. The number of aliphatic hydroxyl groups excluding tert-OH is 1. The number of rotatable bonds is 8. The molecular formula is C45H42F3NO9. The highest BCUT2D eigenvalue weighted by atomic mass is 19.4. The number of hydrogen-bond acceptors (Lipinski definition) is 9. The van der Waals surface area contributed by atoms with Gasteiger partial charge in [-0.05, 0) is 82.6 Å². The van der Waals surface area contributed by atoms with Crippen LogP contribution in [0.25, 0.3) is 21.5 Å². The van der Waals surface area contributed by atoms with Gasteiger partial charge in [0.15, 0.2) is 24.6 Å². The summed E-state index contributed by atoms with van der Waals surface area (Å²) in [7, 11) is 1.29. The Labute approximate surface area is 332 Å². The SMILES string of the molecule is CO[C@H]1O[C@H](CO)[C@@H](OC(=O)Nc2ccc(C(F)(F)F)cc2)[C@@H]2OC(=O)[C@@H](Cc3ccc4ccccc4c3)C/C=C/C[C@H](Cc3ccc4ccccc4c3)C(=O)O[C@@H]12. The van der Waals surface area contributed by atoms with Gasteiger partial charge < -0.3 is 28.8 Å². The van der Waals surface area contributed by atoms with Gasteiger partial charge in [-0.3, -0.25) is 14.9 Å². The van der Waals surface area contributed by atoms with Gasteiger partial charge in [-0.1, -0.05) is 97.1 Å². The number of amides is 1. The third kappa shape index (κ3) is 9.50. The molecule has 0 aliphatic carbocycles. The number of ether oxygens (including phenoxy) is 5. The van der Waals surface area contributed by atoms with E-state index in [1.165, 1.54) is 7.11 Å². The smallest absolute Gasteiger partial charge is 0.416 e. The Kier molecular flexibility index (Phi) is 12.4. The first-order valence-electron chi connectivity index (χ1n) is 18.9. The molecule has 0 saturated carbocycles. The molecule has 2 aliphatic heterocycles. The highest BCUT2D eigenvalue weighted by Crippen LogP contribution is 2.34. The van der Waals surface area contributed by atoms with Crippen molar-refractivity contribution in [2.45, 2.75) is 62.6 Å². The molecule has 2 aliphatic rings. The van der Waals surface area contributed by atoms with Crippen LogP contribution in [0.4, 0.5) is 23.7 Å². The molecule has 5 aromatic rings. The molecule has 0 aromatic heterocycles. The quantitative estimate of drug-likeness (QED) is 0.0908. The zero-order valence-corrected chi connectivity index (χ0v) is 31.5. The van der Waals surface area contributed by atoms with Gasteiger partial charge in [0, 0.05) is 12.8 Å². The molecule has 302 valence electrons. The van der Waals surface area contributed by atoms with Crippen molar-refractivity contribution in [2.75, 3.05) is 19.0 Å². The van der Waals surface area contributed by atoms with E-state index < -0.39 is 78.9 Å². The molecule has 5 aromatic carbocycles. The second-order valence-corrected chi connectivity index (χ2v) is 14.4. The van der Waals surface area contributed by atoms with Crippen LogP contribution in [0.3, 0.4) is 0 Å². The number of anilines is 1. The maximum Gasteiger partial charge on any atom is 0.416 e. The normalized spacial score (nSPS) is 24.7. The Morgan fingerprint density at radius 1 is 0.741 bits per heavy atom. The summed E-state index contributed by atoms with van der Waals surface area (Å²) in [6, 6.07) is 31.2. The largest absolute Gasteiger partial charge is 0.454 e. The summed E-state index contributed by atoms with van der Waals surface area (Å²) in [4.78, 5) is 41.8. The fourth-order valence-corrected chi connectivity index (χ4v) is 7.44. The average molecular weight is 798 g/mol. The van der Waals surface area contributed by atoms with E-state index in [0.717, 1.165) is 56.9 Å². The van der Waals surface area contributed by atoms with Gasteiger partial charge in [0.2, 0.25) is 0 Å². The number of hydrogen-bond donors (Lipinski definition) is 2. The van der Waals surface area contributed by atoms with Crippen LogP contribution < -0.4 is 5.32 Å². The first-order chi connectivity index (χ1) is 28.0. The van der Waals surface area contributed by atoms with E-state index in [2.05, 4.69) is 5.32 Å². The van der Waals surface area contributed by atoms with E-state index in [1.54, 1.807) is 0 Å². The molecule has 13 heteroatoms. The van der Waals surface area contributed by atoms with Gasteiger partial charge in [-0.15, -0.1) is 0 Å². The van der Waals surface area contributed by atoms with E-state index in [1.807, 2.05) is 97.1 Å². The molecule has 7 atom stereocenters. The van der Waals surface area contributed by atoms with E-state index >= 15 is 0 Å². The minimum absolute atomic E-state index is 0.0255. The van der Waals surface area contributed by atoms with Gasteiger partial charge >= 0.3 is 24.2 Å². The summed E-state index contributed by atoms with van der Waals surface area (Å²) in [6.45, 7) is -0.735. The number of halogens is 3. The van der Waals surface area contributed by atoms with Crippen LogP contribution in [-0.2, 0) is 52.3 Å². The van der Waals surface area contributed by atoms with Crippen LogP contribution in [0, 0.1) is 11.8 Å². The number of fused-ring (bicyclic) bond motifs is 3. The van der Waals surface area contributed by atoms with Crippen molar-refractivity contribution in [1.82, 2.24) is 0 Å². The molecule has 58 heavy (non-hydrogen) atoms. The molecule has 0 unspecified atom stereocenters. The lowest BCUT2D eigenvalue weighted by molar-refractivity contribution is -0.300. The predicted octanol–water partition coefficient (Wildman–Crippen LogP) is 8.18. The maximum atomic E-state index is 14.3. The van der Waals surface area contributed by atoms with Crippen molar-refractivity contribution in [1.29, 1.82) is 0 Å². The number of aliphatic hydroxyl groups is 1. The van der Waals surface area contributed by atoms with Crippen molar-refractivity contribution in [3.63, 3.8) is 0 Å². The fourth-order valence-electron chi connectivity index (χ4n) is 7.44. The predicted molar refractivity (Wildman–Crippen MR) is 209 cm³/mol. The molecule has 2 N–H and O–H groups in total. The second kappa shape index (κ2) is 17.8. The van der Waals surface area contributed by atoms with Gasteiger partial charge in [-0.2, -0.15) is 13.2 Å². The van der Waals surface area contributed by atoms with Crippen LogP contribution in [0.5, 0.6) is 0 Å². The molecule has 1 saturated heterocycles. The van der Waals surface area contributed by atoms with Gasteiger partial charge in [0.05, 0.1) is 24.0 Å².